The van der Waals surface area contributed by atoms with E-state index in [0.29, 0.717) is 6.04 Å². The summed E-state index contributed by atoms with van der Waals surface area (Å²) in [6.07, 6.45) is 0. The second-order valence-electron chi connectivity index (χ2n) is 4.44. The minimum Gasteiger partial charge on any atom is -0.383 e. The smallest absolute Gasteiger partial charge is 0.0613 e. The van der Waals surface area contributed by atoms with E-state index in [0.717, 1.165) is 13.2 Å². The fourth-order valence-corrected chi connectivity index (χ4v) is 0.891. The lowest BCUT2D eigenvalue weighted by Gasteiger charge is -2.33. The highest BCUT2D eigenvalue weighted by atomic mass is 16.5. The summed E-state index contributed by atoms with van der Waals surface area (Å²) in [5.41, 5.74) is 0.196. The normalized spacial score (nSPS) is 15.0. The molecule has 0 saturated heterocycles. The molecule has 1 unspecified atom stereocenters. The van der Waals surface area contributed by atoms with Gasteiger partial charge < -0.3 is 15.0 Å². The SMILES string of the molecule is COCC(C)NCC(C)(C)N(C)C. The number of ether oxygens (including phenoxy) is 1. The van der Waals surface area contributed by atoms with Crippen LogP contribution in [-0.2, 0) is 4.74 Å². The van der Waals surface area contributed by atoms with Crippen LogP contribution in [0.4, 0.5) is 0 Å². The fourth-order valence-electron chi connectivity index (χ4n) is 0.891. The lowest BCUT2D eigenvalue weighted by atomic mass is 10.0. The minimum absolute atomic E-state index is 0.196. The van der Waals surface area contributed by atoms with E-state index in [1.54, 1.807) is 7.11 Å². The molecule has 0 heterocycles. The van der Waals surface area contributed by atoms with Crippen molar-refractivity contribution in [1.29, 1.82) is 0 Å². The van der Waals surface area contributed by atoms with Crippen molar-refractivity contribution in [1.82, 2.24) is 10.2 Å². The van der Waals surface area contributed by atoms with Crippen LogP contribution in [-0.4, -0.2) is 50.8 Å². The molecule has 0 aromatic rings. The number of likely N-dealkylation sites (N-methyl/N-ethyl adjacent to an activating group) is 1. The summed E-state index contributed by atoms with van der Waals surface area (Å²) in [5.74, 6) is 0. The predicted molar refractivity (Wildman–Crippen MR) is 57.1 cm³/mol. The number of rotatable bonds is 6. The Morgan fingerprint density at radius 3 is 2.31 bits per heavy atom. The summed E-state index contributed by atoms with van der Waals surface area (Å²) >= 11 is 0. The Hall–Kier alpha value is -0.120. The van der Waals surface area contributed by atoms with Gasteiger partial charge >= 0.3 is 0 Å². The van der Waals surface area contributed by atoms with E-state index in [9.17, 15) is 0 Å². The molecule has 0 spiro atoms. The molecule has 13 heavy (non-hydrogen) atoms. The van der Waals surface area contributed by atoms with E-state index in [1.807, 2.05) is 0 Å². The highest BCUT2D eigenvalue weighted by Gasteiger charge is 2.20. The molecule has 3 heteroatoms. The van der Waals surface area contributed by atoms with E-state index in [4.69, 9.17) is 4.74 Å². The third kappa shape index (κ3) is 5.24. The van der Waals surface area contributed by atoms with Gasteiger partial charge in [-0.3, -0.25) is 0 Å². The Morgan fingerprint density at radius 2 is 1.92 bits per heavy atom. The maximum atomic E-state index is 5.05. The van der Waals surface area contributed by atoms with Crippen molar-refractivity contribution in [2.24, 2.45) is 0 Å². The van der Waals surface area contributed by atoms with Gasteiger partial charge in [0.05, 0.1) is 6.61 Å². The molecular weight excluding hydrogens is 164 g/mol. The van der Waals surface area contributed by atoms with Crippen LogP contribution in [0.25, 0.3) is 0 Å². The number of nitrogens with zero attached hydrogens (tertiary/aromatic N) is 1. The zero-order valence-electron chi connectivity index (χ0n) is 9.85. The van der Waals surface area contributed by atoms with E-state index in [-0.39, 0.29) is 5.54 Å². The van der Waals surface area contributed by atoms with Crippen LogP contribution in [0.5, 0.6) is 0 Å². The predicted octanol–water partition coefficient (Wildman–Crippen LogP) is 0.951. The molecule has 0 rings (SSSR count). The van der Waals surface area contributed by atoms with E-state index in [2.05, 4.69) is 45.1 Å². The summed E-state index contributed by atoms with van der Waals surface area (Å²) in [6.45, 7) is 8.32. The minimum atomic E-state index is 0.196. The molecule has 0 bridgehead atoms. The van der Waals surface area contributed by atoms with Gasteiger partial charge in [-0.2, -0.15) is 0 Å². The van der Waals surface area contributed by atoms with Gasteiger partial charge in [-0.1, -0.05) is 0 Å². The number of hydrogen-bond acceptors (Lipinski definition) is 3. The Balaban J connectivity index is 3.74. The van der Waals surface area contributed by atoms with Crippen LogP contribution in [0.3, 0.4) is 0 Å². The molecule has 0 saturated carbocycles. The largest absolute Gasteiger partial charge is 0.383 e. The Morgan fingerprint density at radius 1 is 1.38 bits per heavy atom. The first-order valence-corrected chi connectivity index (χ1v) is 4.80. The summed E-state index contributed by atoms with van der Waals surface area (Å²) in [7, 11) is 5.93. The molecule has 3 nitrogen and oxygen atoms in total. The molecule has 80 valence electrons. The molecule has 0 aliphatic rings. The summed E-state index contributed by atoms with van der Waals surface area (Å²) < 4.78 is 5.05. The summed E-state index contributed by atoms with van der Waals surface area (Å²) in [4.78, 5) is 2.22. The second-order valence-corrected chi connectivity index (χ2v) is 4.44. The standard InChI is InChI=1S/C10H24N2O/c1-9(7-13-6)11-8-10(2,3)12(4)5/h9,11H,7-8H2,1-6H3. The van der Waals surface area contributed by atoms with Gasteiger partial charge in [-0.05, 0) is 34.9 Å². The maximum absolute atomic E-state index is 5.05. The zero-order valence-corrected chi connectivity index (χ0v) is 9.85. The lowest BCUT2D eigenvalue weighted by molar-refractivity contribution is 0.148. The van der Waals surface area contributed by atoms with Crippen LogP contribution >= 0.6 is 0 Å². The maximum Gasteiger partial charge on any atom is 0.0613 e. The zero-order chi connectivity index (χ0) is 10.5. The Labute approximate surface area is 82.4 Å². The van der Waals surface area contributed by atoms with Crippen LogP contribution < -0.4 is 5.32 Å². The topological polar surface area (TPSA) is 24.5 Å². The van der Waals surface area contributed by atoms with E-state index >= 15 is 0 Å². The highest BCUT2D eigenvalue weighted by molar-refractivity contribution is 4.80. The van der Waals surface area contributed by atoms with E-state index in [1.165, 1.54) is 0 Å². The van der Waals surface area contributed by atoms with Crippen molar-refractivity contribution in [3.63, 3.8) is 0 Å². The Bertz CT molecular complexity index is 135. The van der Waals surface area contributed by atoms with Gasteiger partial charge in [0.25, 0.3) is 0 Å². The highest BCUT2D eigenvalue weighted by Crippen LogP contribution is 2.07. The van der Waals surface area contributed by atoms with Gasteiger partial charge in [0.2, 0.25) is 0 Å². The van der Waals surface area contributed by atoms with Crippen molar-refractivity contribution in [3.05, 3.63) is 0 Å². The number of hydrogen-bond donors (Lipinski definition) is 1. The quantitative estimate of drug-likeness (QED) is 0.671. The molecule has 0 amide bonds. The first-order valence-electron chi connectivity index (χ1n) is 4.80. The third-order valence-electron chi connectivity index (χ3n) is 2.51. The molecule has 1 N–H and O–H groups in total. The van der Waals surface area contributed by atoms with Crippen LogP contribution in [0.15, 0.2) is 0 Å². The van der Waals surface area contributed by atoms with Gasteiger partial charge in [0.1, 0.15) is 0 Å². The van der Waals surface area contributed by atoms with Crippen molar-refractivity contribution >= 4 is 0 Å². The third-order valence-corrected chi connectivity index (χ3v) is 2.51. The molecule has 0 aliphatic carbocycles. The van der Waals surface area contributed by atoms with Gasteiger partial charge in [0.15, 0.2) is 0 Å². The number of methoxy groups -OCH3 is 1. The Kier molecular flexibility index (Phi) is 5.53. The molecule has 0 aromatic carbocycles. The molecule has 0 aromatic heterocycles. The average molecular weight is 188 g/mol. The molecule has 1 atom stereocenters. The molecule has 0 fully saturated rings. The van der Waals surface area contributed by atoms with Crippen LogP contribution in [0.2, 0.25) is 0 Å². The van der Waals surface area contributed by atoms with Crippen LogP contribution in [0.1, 0.15) is 20.8 Å². The molecule has 0 aliphatic heterocycles. The molecule has 0 radical (unpaired) electrons. The van der Waals surface area contributed by atoms with Crippen molar-refractivity contribution in [3.8, 4) is 0 Å². The lowest BCUT2D eigenvalue weighted by Crippen LogP contribution is -2.49. The summed E-state index contributed by atoms with van der Waals surface area (Å²) in [5, 5.41) is 3.44. The fraction of sp³-hybridized carbons (Fsp3) is 1.00. The van der Waals surface area contributed by atoms with Crippen LogP contribution in [0, 0.1) is 0 Å². The summed E-state index contributed by atoms with van der Waals surface area (Å²) in [6, 6.07) is 0.421. The monoisotopic (exact) mass is 188 g/mol. The molecular formula is C10H24N2O. The van der Waals surface area contributed by atoms with Gasteiger partial charge in [0, 0.05) is 25.2 Å². The van der Waals surface area contributed by atoms with E-state index < -0.39 is 0 Å². The van der Waals surface area contributed by atoms with Gasteiger partial charge in [-0.25, -0.2) is 0 Å². The van der Waals surface area contributed by atoms with Crippen molar-refractivity contribution in [2.45, 2.75) is 32.4 Å². The first-order chi connectivity index (χ1) is 5.90. The van der Waals surface area contributed by atoms with Crippen molar-refractivity contribution in [2.75, 3.05) is 34.4 Å². The van der Waals surface area contributed by atoms with Crippen molar-refractivity contribution < 1.29 is 4.74 Å². The van der Waals surface area contributed by atoms with Gasteiger partial charge in [-0.15, -0.1) is 0 Å². The average Bonchev–Trinajstić information content (AvgIpc) is 2.01. The second kappa shape index (κ2) is 5.58. The first kappa shape index (κ1) is 12.9. The number of nitrogens with one attached hydrogen (secondary N) is 1.